The van der Waals surface area contributed by atoms with E-state index in [1.54, 1.807) is 18.4 Å². The Bertz CT molecular complexity index is 982. The average molecular weight is 548 g/mol. The van der Waals surface area contributed by atoms with Crippen LogP contribution < -0.4 is 15.5 Å². The van der Waals surface area contributed by atoms with Crippen molar-refractivity contribution in [1.82, 2.24) is 15.6 Å². The average Bonchev–Trinajstić information content (AvgIpc) is 3.50. The molecule has 1 aromatic heterocycles. The molecule has 2 aromatic carbocycles. The number of aliphatic imine (C=N–C) groups is 1. The lowest BCUT2D eigenvalue weighted by molar-refractivity contribution is 0.683. The molecule has 1 fully saturated rings. The predicted molar refractivity (Wildman–Crippen MR) is 143 cm³/mol. The minimum absolute atomic E-state index is 0. The van der Waals surface area contributed by atoms with Crippen LogP contribution >= 0.6 is 35.3 Å². The molecule has 2 N–H and O–H groups in total. The molecule has 1 aliphatic rings. The van der Waals surface area contributed by atoms with Gasteiger partial charge in [0.25, 0.3) is 0 Å². The number of hydrogen-bond acceptors (Lipinski definition) is 4. The van der Waals surface area contributed by atoms with E-state index in [0.717, 1.165) is 35.3 Å². The maximum Gasteiger partial charge on any atom is 0.191 e. The van der Waals surface area contributed by atoms with Crippen LogP contribution in [0.1, 0.15) is 37.1 Å². The molecule has 1 unspecified atom stereocenters. The summed E-state index contributed by atoms with van der Waals surface area (Å²) in [4.78, 5) is 11.6. The maximum absolute atomic E-state index is 4.75. The molecule has 0 saturated carbocycles. The van der Waals surface area contributed by atoms with Crippen molar-refractivity contribution in [3.8, 4) is 10.6 Å². The number of anilines is 1. The van der Waals surface area contributed by atoms with Crippen molar-refractivity contribution >= 4 is 47.0 Å². The highest BCUT2D eigenvalue weighted by Crippen LogP contribution is 2.24. The molecule has 7 heteroatoms. The second-order valence-electron chi connectivity index (χ2n) is 7.59. The van der Waals surface area contributed by atoms with Crippen LogP contribution in [0.3, 0.4) is 0 Å². The second kappa shape index (κ2) is 11.5. The molecule has 31 heavy (non-hydrogen) atoms. The summed E-state index contributed by atoms with van der Waals surface area (Å²) in [5.74, 6) is 0.781. The molecular formula is C24H30IN5S. The molecule has 5 nitrogen and oxygen atoms in total. The van der Waals surface area contributed by atoms with Crippen LogP contribution in [0, 0.1) is 0 Å². The van der Waals surface area contributed by atoms with Gasteiger partial charge >= 0.3 is 0 Å². The van der Waals surface area contributed by atoms with Gasteiger partial charge in [0.2, 0.25) is 0 Å². The van der Waals surface area contributed by atoms with E-state index in [-0.39, 0.29) is 30.0 Å². The lowest BCUT2D eigenvalue weighted by Gasteiger charge is -2.22. The molecule has 4 rings (SSSR count). The third-order valence-electron chi connectivity index (χ3n) is 5.43. The SMILES string of the molecule is CN=C(NCc1csc(-c2ccccc2)n1)NC(C)c1cccc(N2CCCC2)c1.I. The first-order valence-corrected chi connectivity index (χ1v) is 11.4. The highest BCUT2D eigenvalue weighted by molar-refractivity contribution is 14.0. The van der Waals surface area contributed by atoms with Gasteiger partial charge in [-0.1, -0.05) is 42.5 Å². The molecule has 1 saturated heterocycles. The zero-order valence-corrected chi connectivity index (χ0v) is 21.2. The number of aromatic nitrogens is 1. The monoisotopic (exact) mass is 547 g/mol. The van der Waals surface area contributed by atoms with Crippen molar-refractivity contribution in [3.63, 3.8) is 0 Å². The van der Waals surface area contributed by atoms with E-state index < -0.39 is 0 Å². The summed E-state index contributed by atoms with van der Waals surface area (Å²) in [6.45, 7) is 5.13. The molecule has 1 aliphatic heterocycles. The minimum Gasteiger partial charge on any atom is -0.372 e. The van der Waals surface area contributed by atoms with E-state index in [9.17, 15) is 0 Å². The van der Waals surface area contributed by atoms with Crippen molar-refractivity contribution in [3.05, 3.63) is 71.2 Å². The third-order valence-corrected chi connectivity index (χ3v) is 6.37. The summed E-state index contributed by atoms with van der Waals surface area (Å²) in [6.07, 6.45) is 2.58. The van der Waals surface area contributed by atoms with Crippen LogP contribution in [0.25, 0.3) is 10.6 Å². The van der Waals surface area contributed by atoms with Crippen molar-refractivity contribution < 1.29 is 0 Å². The van der Waals surface area contributed by atoms with Crippen LogP contribution in [-0.4, -0.2) is 31.1 Å². The Labute approximate surface area is 206 Å². The van der Waals surface area contributed by atoms with Crippen molar-refractivity contribution in [2.24, 2.45) is 4.99 Å². The predicted octanol–water partition coefficient (Wildman–Crippen LogP) is 5.45. The van der Waals surface area contributed by atoms with Crippen molar-refractivity contribution in [2.75, 3.05) is 25.0 Å². The Morgan fingerprint density at radius 1 is 1.13 bits per heavy atom. The molecule has 164 valence electrons. The minimum atomic E-state index is 0. The van der Waals surface area contributed by atoms with E-state index in [1.165, 1.54) is 24.1 Å². The summed E-state index contributed by atoms with van der Waals surface area (Å²) < 4.78 is 0. The number of nitrogens with zero attached hydrogens (tertiary/aromatic N) is 3. The van der Waals surface area contributed by atoms with Gasteiger partial charge in [-0.3, -0.25) is 4.99 Å². The van der Waals surface area contributed by atoms with Gasteiger partial charge in [-0.2, -0.15) is 0 Å². The molecular weight excluding hydrogens is 517 g/mol. The number of benzene rings is 2. The van der Waals surface area contributed by atoms with Gasteiger partial charge in [-0.05, 0) is 37.5 Å². The first kappa shape index (κ1) is 23.5. The largest absolute Gasteiger partial charge is 0.372 e. The molecule has 0 aliphatic carbocycles. The standard InChI is InChI=1S/C24H29N5S.HI/c1-18(20-11-8-12-22(15-20)29-13-6-7-14-29)27-24(25-2)26-16-21-17-30-23(28-21)19-9-4-3-5-10-19;/h3-5,8-12,15,17-18H,6-7,13-14,16H2,1-2H3,(H2,25,26,27);1H. The number of guanidine groups is 1. The molecule has 0 radical (unpaired) electrons. The van der Waals surface area contributed by atoms with Crippen LogP contribution in [0.4, 0.5) is 5.69 Å². The molecule has 0 spiro atoms. The Morgan fingerprint density at radius 2 is 1.90 bits per heavy atom. The third kappa shape index (κ3) is 6.20. The lowest BCUT2D eigenvalue weighted by Crippen LogP contribution is -2.38. The first-order valence-electron chi connectivity index (χ1n) is 10.5. The number of thiazole rings is 1. The summed E-state index contributed by atoms with van der Waals surface area (Å²) in [5.41, 5.74) is 4.76. The van der Waals surface area contributed by atoms with E-state index in [0.29, 0.717) is 6.54 Å². The number of hydrogen-bond donors (Lipinski definition) is 2. The highest BCUT2D eigenvalue weighted by Gasteiger charge is 2.14. The Hall–Kier alpha value is -2.13. The fourth-order valence-corrected chi connectivity index (χ4v) is 4.55. The lowest BCUT2D eigenvalue weighted by atomic mass is 10.1. The summed E-state index contributed by atoms with van der Waals surface area (Å²) in [5, 5.41) is 10.0. The molecule has 2 heterocycles. The van der Waals surface area contributed by atoms with Gasteiger partial charge in [0.1, 0.15) is 5.01 Å². The Morgan fingerprint density at radius 3 is 2.65 bits per heavy atom. The van der Waals surface area contributed by atoms with Gasteiger partial charge in [0.05, 0.1) is 18.3 Å². The fourth-order valence-electron chi connectivity index (χ4n) is 3.72. The highest BCUT2D eigenvalue weighted by atomic mass is 127. The smallest absolute Gasteiger partial charge is 0.191 e. The fraction of sp³-hybridized carbons (Fsp3) is 0.333. The first-order chi connectivity index (χ1) is 14.7. The number of rotatable bonds is 6. The van der Waals surface area contributed by atoms with E-state index in [2.05, 4.69) is 69.2 Å². The number of halogens is 1. The quantitative estimate of drug-likeness (QED) is 0.245. The maximum atomic E-state index is 4.75. The zero-order chi connectivity index (χ0) is 20.8. The van der Waals surface area contributed by atoms with Gasteiger partial charge in [0, 0.05) is 36.8 Å². The van der Waals surface area contributed by atoms with E-state index >= 15 is 0 Å². The summed E-state index contributed by atoms with van der Waals surface area (Å²) >= 11 is 1.67. The van der Waals surface area contributed by atoms with E-state index in [1.807, 2.05) is 18.2 Å². The normalized spacial score (nSPS) is 14.8. The zero-order valence-electron chi connectivity index (χ0n) is 18.0. The van der Waals surface area contributed by atoms with Crippen LogP contribution in [0.2, 0.25) is 0 Å². The van der Waals surface area contributed by atoms with E-state index in [4.69, 9.17) is 4.98 Å². The Balaban J connectivity index is 0.00000272. The molecule has 1 atom stereocenters. The second-order valence-corrected chi connectivity index (χ2v) is 8.45. The topological polar surface area (TPSA) is 52.6 Å². The number of nitrogens with one attached hydrogen (secondary N) is 2. The summed E-state index contributed by atoms with van der Waals surface area (Å²) in [6, 6.07) is 19.3. The van der Waals surface area contributed by atoms with Gasteiger partial charge < -0.3 is 15.5 Å². The van der Waals surface area contributed by atoms with Crippen LogP contribution in [-0.2, 0) is 6.54 Å². The van der Waals surface area contributed by atoms with Crippen LogP contribution in [0.15, 0.2) is 65.0 Å². The van der Waals surface area contributed by atoms with Crippen molar-refractivity contribution in [2.45, 2.75) is 32.4 Å². The van der Waals surface area contributed by atoms with Crippen LogP contribution in [0.5, 0.6) is 0 Å². The molecule has 0 amide bonds. The molecule has 3 aromatic rings. The van der Waals surface area contributed by atoms with Gasteiger partial charge in [-0.25, -0.2) is 4.98 Å². The van der Waals surface area contributed by atoms with Crippen molar-refractivity contribution in [1.29, 1.82) is 0 Å². The van der Waals surface area contributed by atoms with Gasteiger partial charge in [-0.15, -0.1) is 35.3 Å². The Kier molecular flexibility index (Phi) is 8.71. The van der Waals surface area contributed by atoms with Gasteiger partial charge in [0.15, 0.2) is 5.96 Å². The summed E-state index contributed by atoms with van der Waals surface area (Å²) in [7, 11) is 1.80. The molecule has 0 bridgehead atoms.